The van der Waals surface area contributed by atoms with E-state index in [2.05, 4.69) is 4.98 Å². The molecule has 0 aliphatic rings. The van der Waals surface area contributed by atoms with Gasteiger partial charge >= 0.3 is 5.97 Å². The van der Waals surface area contributed by atoms with Crippen LogP contribution in [0.5, 0.6) is 0 Å². The highest BCUT2D eigenvalue weighted by atomic mass is 32.2. The summed E-state index contributed by atoms with van der Waals surface area (Å²) in [7, 11) is 0. The lowest BCUT2D eigenvalue weighted by Crippen LogP contribution is -2.17. The average molecular weight is 250 g/mol. The summed E-state index contributed by atoms with van der Waals surface area (Å²) >= 11 is 1.66. The van der Waals surface area contributed by atoms with Gasteiger partial charge in [-0.2, -0.15) is 11.8 Å². The Labute approximate surface area is 104 Å². The number of hydrogen-bond donors (Lipinski definition) is 0. The molecule has 0 spiro atoms. The molecule has 0 aromatic carbocycles. The molecular formula is C12H14N2O2S. The first-order valence-corrected chi connectivity index (χ1v) is 6.71. The minimum absolute atomic E-state index is 0.0707. The van der Waals surface area contributed by atoms with Crippen LogP contribution in [-0.2, 0) is 4.74 Å². The summed E-state index contributed by atoms with van der Waals surface area (Å²) in [6.07, 6.45) is 7.13. The van der Waals surface area contributed by atoms with Gasteiger partial charge in [0.15, 0.2) is 0 Å². The number of ether oxygens (including phenoxy) is 1. The van der Waals surface area contributed by atoms with E-state index in [-0.39, 0.29) is 12.1 Å². The van der Waals surface area contributed by atoms with Crippen LogP contribution in [-0.4, -0.2) is 33.5 Å². The predicted molar refractivity (Wildman–Crippen MR) is 68.5 cm³/mol. The van der Waals surface area contributed by atoms with E-state index < -0.39 is 0 Å². The molecule has 2 heterocycles. The Morgan fingerprint density at radius 2 is 2.47 bits per heavy atom. The maximum Gasteiger partial charge on any atom is 0.338 e. The molecule has 2 aromatic rings. The third-order valence-electron chi connectivity index (χ3n) is 2.36. The SMILES string of the molecule is CSC[C@@H](C)OC(=O)c1ccn2cncc2c1. The lowest BCUT2D eigenvalue weighted by Gasteiger charge is -2.11. The molecule has 0 bridgehead atoms. The Kier molecular flexibility index (Phi) is 3.68. The Hall–Kier alpha value is -1.49. The highest BCUT2D eigenvalue weighted by Crippen LogP contribution is 2.10. The summed E-state index contributed by atoms with van der Waals surface area (Å²) in [5.41, 5.74) is 1.45. The third-order valence-corrected chi connectivity index (χ3v) is 3.16. The van der Waals surface area contributed by atoms with Crippen molar-refractivity contribution < 1.29 is 9.53 Å². The van der Waals surface area contributed by atoms with Crippen molar-refractivity contribution in [1.82, 2.24) is 9.38 Å². The molecule has 2 rings (SSSR count). The Morgan fingerprint density at radius 1 is 1.65 bits per heavy atom. The molecule has 0 amide bonds. The van der Waals surface area contributed by atoms with Crippen LogP contribution < -0.4 is 0 Å². The van der Waals surface area contributed by atoms with E-state index in [1.54, 1.807) is 42.6 Å². The van der Waals surface area contributed by atoms with Crippen molar-refractivity contribution in [3.8, 4) is 0 Å². The number of carbonyl (C=O) groups excluding carboxylic acids is 1. The quantitative estimate of drug-likeness (QED) is 0.781. The van der Waals surface area contributed by atoms with Crippen LogP contribution in [0.2, 0.25) is 0 Å². The predicted octanol–water partition coefficient (Wildman–Crippen LogP) is 2.24. The van der Waals surface area contributed by atoms with Crippen LogP contribution in [0.4, 0.5) is 0 Å². The van der Waals surface area contributed by atoms with Crippen LogP contribution in [0.3, 0.4) is 0 Å². The zero-order valence-electron chi connectivity index (χ0n) is 9.79. The summed E-state index contributed by atoms with van der Waals surface area (Å²) in [5, 5.41) is 0. The zero-order valence-corrected chi connectivity index (χ0v) is 10.6. The highest BCUT2D eigenvalue weighted by molar-refractivity contribution is 7.98. The first-order valence-electron chi connectivity index (χ1n) is 5.32. The Morgan fingerprint density at radius 3 is 3.24 bits per heavy atom. The second kappa shape index (κ2) is 5.23. The summed E-state index contributed by atoms with van der Waals surface area (Å²) < 4.78 is 7.16. The van der Waals surface area contributed by atoms with Gasteiger partial charge < -0.3 is 9.14 Å². The molecule has 0 aliphatic carbocycles. The van der Waals surface area contributed by atoms with Gasteiger partial charge in [0.25, 0.3) is 0 Å². The smallest absolute Gasteiger partial charge is 0.338 e. The number of rotatable bonds is 4. The minimum atomic E-state index is -0.282. The fraction of sp³-hybridized carbons (Fsp3) is 0.333. The molecule has 0 unspecified atom stereocenters. The van der Waals surface area contributed by atoms with E-state index >= 15 is 0 Å². The minimum Gasteiger partial charge on any atom is -0.458 e. The lowest BCUT2D eigenvalue weighted by molar-refractivity contribution is 0.0386. The number of hydrogen-bond acceptors (Lipinski definition) is 4. The molecule has 1 atom stereocenters. The number of nitrogens with zero attached hydrogens (tertiary/aromatic N) is 2. The van der Waals surface area contributed by atoms with Gasteiger partial charge in [0.2, 0.25) is 0 Å². The molecule has 0 N–H and O–H groups in total. The maximum absolute atomic E-state index is 11.8. The van der Waals surface area contributed by atoms with Gasteiger partial charge in [0.1, 0.15) is 6.10 Å². The summed E-state index contributed by atoms with van der Waals surface area (Å²) in [6.45, 7) is 1.89. The van der Waals surface area contributed by atoms with Crippen LogP contribution in [0, 0.1) is 0 Å². The summed E-state index contributed by atoms with van der Waals surface area (Å²) in [5.74, 6) is 0.524. The van der Waals surface area contributed by atoms with Crippen LogP contribution in [0.1, 0.15) is 17.3 Å². The summed E-state index contributed by atoms with van der Waals surface area (Å²) in [4.78, 5) is 15.8. The van der Waals surface area contributed by atoms with Crippen LogP contribution in [0.15, 0.2) is 30.9 Å². The standard InChI is InChI=1S/C12H14N2O2S/c1-9(7-17-2)16-12(15)10-3-4-14-8-13-6-11(14)5-10/h3-6,8-9H,7H2,1-2H3/t9-/m1/s1. The average Bonchev–Trinajstić information content (AvgIpc) is 2.75. The number of imidazole rings is 1. The van der Waals surface area contributed by atoms with Crippen molar-refractivity contribution >= 4 is 23.2 Å². The Bertz CT molecular complexity index is 524. The first-order chi connectivity index (χ1) is 8.20. The zero-order chi connectivity index (χ0) is 12.3. The molecule has 0 radical (unpaired) electrons. The Balaban J connectivity index is 2.13. The molecule has 90 valence electrons. The first kappa shape index (κ1) is 12.0. The maximum atomic E-state index is 11.8. The van der Waals surface area contributed by atoms with Gasteiger partial charge in [-0.05, 0) is 25.3 Å². The van der Waals surface area contributed by atoms with Crippen molar-refractivity contribution in [3.05, 3.63) is 36.4 Å². The number of aromatic nitrogens is 2. The number of pyridine rings is 1. The van der Waals surface area contributed by atoms with E-state index in [4.69, 9.17) is 4.74 Å². The second-order valence-electron chi connectivity index (χ2n) is 3.81. The largest absolute Gasteiger partial charge is 0.458 e. The van der Waals surface area contributed by atoms with E-state index in [9.17, 15) is 4.79 Å². The van der Waals surface area contributed by atoms with E-state index in [0.717, 1.165) is 11.3 Å². The molecule has 0 aliphatic heterocycles. The molecule has 5 heteroatoms. The van der Waals surface area contributed by atoms with Gasteiger partial charge in [-0.1, -0.05) is 0 Å². The van der Waals surface area contributed by atoms with Crippen molar-refractivity contribution in [1.29, 1.82) is 0 Å². The van der Waals surface area contributed by atoms with Gasteiger partial charge in [0, 0.05) is 11.9 Å². The molecule has 2 aromatic heterocycles. The monoisotopic (exact) mass is 250 g/mol. The molecule has 17 heavy (non-hydrogen) atoms. The van der Waals surface area contributed by atoms with Gasteiger partial charge in [0.05, 0.1) is 23.6 Å². The number of thioether (sulfide) groups is 1. The molecule has 4 nitrogen and oxygen atoms in total. The number of esters is 1. The van der Waals surface area contributed by atoms with Crippen molar-refractivity contribution in [2.45, 2.75) is 13.0 Å². The highest BCUT2D eigenvalue weighted by Gasteiger charge is 2.12. The van der Waals surface area contributed by atoms with Crippen LogP contribution in [0.25, 0.3) is 5.52 Å². The van der Waals surface area contributed by atoms with Gasteiger partial charge in [-0.25, -0.2) is 9.78 Å². The van der Waals surface area contributed by atoms with Gasteiger partial charge in [-0.15, -0.1) is 0 Å². The molecule has 0 saturated heterocycles. The molecule has 0 fully saturated rings. The number of carbonyl (C=O) groups is 1. The topological polar surface area (TPSA) is 43.6 Å². The fourth-order valence-electron chi connectivity index (χ4n) is 1.57. The van der Waals surface area contributed by atoms with Crippen molar-refractivity contribution in [2.75, 3.05) is 12.0 Å². The molecular weight excluding hydrogens is 236 g/mol. The van der Waals surface area contributed by atoms with Gasteiger partial charge in [-0.3, -0.25) is 0 Å². The van der Waals surface area contributed by atoms with Crippen molar-refractivity contribution in [3.63, 3.8) is 0 Å². The van der Waals surface area contributed by atoms with E-state index in [1.807, 2.05) is 17.6 Å². The fourth-order valence-corrected chi connectivity index (χ4v) is 2.10. The second-order valence-corrected chi connectivity index (χ2v) is 4.72. The number of fused-ring (bicyclic) bond motifs is 1. The summed E-state index contributed by atoms with van der Waals surface area (Å²) in [6, 6.07) is 3.52. The van der Waals surface area contributed by atoms with Crippen molar-refractivity contribution in [2.24, 2.45) is 0 Å². The molecule has 0 saturated carbocycles. The third kappa shape index (κ3) is 2.79. The van der Waals surface area contributed by atoms with E-state index in [1.165, 1.54) is 0 Å². The normalized spacial score (nSPS) is 12.6. The lowest BCUT2D eigenvalue weighted by atomic mass is 10.2. The van der Waals surface area contributed by atoms with Crippen LogP contribution >= 0.6 is 11.8 Å². The van der Waals surface area contributed by atoms with E-state index in [0.29, 0.717) is 5.56 Å².